The van der Waals surface area contributed by atoms with Crippen LogP contribution in [0.4, 0.5) is 0 Å². The van der Waals surface area contributed by atoms with Gasteiger partial charge in [0.05, 0.1) is 0 Å². The normalized spacial score (nSPS) is 12.3. The van der Waals surface area contributed by atoms with Crippen LogP contribution in [-0.4, -0.2) is 23.2 Å². The molecular weight excluding hydrogens is 233 g/mol. The molecule has 0 spiro atoms. The second-order valence-electron chi connectivity index (χ2n) is 3.44. The van der Waals surface area contributed by atoms with Gasteiger partial charge in [0.25, 0.3) is 0 Å². The third kappa shape index (κ3) is 3.73. The molecule has 0 radical (unpaired) electrons. The Labute approximate surface area is 99.8 Å². The molecule has 4 heteroatoms. The first kappa shape index (κ1) is 12.3. The quantitative estimate of drug-likeness (QED) is 0.751. The maximum Gasteiger partial charge on any atom is 0.240 e. The van der Waals surface area contributed by atoms with Crippen molar-refractivity contribution < 1.29 is 4.79 Å². The van der Waals surface area contributed by atoms with E-state index in [1.807, 2.05) is 12.1 Å². The lowest BCUT2D eigenvalue weighted by atomic mass is 10.2. The third-order valence-electron chi connectivity index (χ3n) is 2.05. The monoisotopic (exact) mass is 245 g/mol. The van der Waals surface area contributed by atoms with E-state index in [1.54, 1.807) is 31.0 Å². The lowest BCUT2D eigenvalue weighted by molar-refractivity contribution is -0.129. The first-order chi connectivity index (χ1) is 7.00. The van der Waals surface area contributed by atoms with Crippen LogP contribution in [0.5, 0.6) is 0 Å². The number of halogens is 2. The van der Waals surface area contributed by atoms with Gasteiger partial charge in [-0.1, -0.05) is 23.7 Å². The molecule has 0 N–H and O–H groups in total. The average molecular weight is 246 g/mol. The molecule has 82 valence electrons. The Kier molecular flexibility index (Phi) is 4.43. The van der Waals surface area contributed by atoms with Gasteiger partial charge in [0.15, 0.2) is 0 Å². The zero-order valence-corrected chi connectivity index (χ0v) is 10.2. The molecule has 0 aliphatic rings. The highest BCUT2D eigenvalue weighted by molar-refractivity contribution is 6.30. The summed E-state index contributed by atoms with van der Waals surface area (Å²) in [6, 6.07) is 7.40. The second-order valence-corrected chi connectivity index (χ2v) is 4.53. The number of alkyl halides is 1. The van der Waals surface area contributed by atoms with Gasteiger partial charge in [-0.2, -0.15) is 0 Å². The Morgan fingerprint density at radius 3 is 2.40 bits per heavy atom. The van der Waals surface area contributed by atoms with Crippen LogP contribution in [0, 0.1) is 0 Å². The molecule has 15 heavy (non-hydrogen) atoms. The predicted octanol–water partition coefficient (Wildman–Crippen LogP) is 2.93. The van der Waals surface area contributed by atoms with Gasteiger partial charge in [0.2, 0.25) is 5.91 Å². The van der Waals surface area contributed by atoms with Crippen LogP contribution in [0.2, 0.25) is 5.02 Å². The molecule has 0 aliphatic heterocycles. The minimum Gasteiger partial charge on any atom is -0.340 e. The van der Waals surface area contributed by atoms with Crippen molar-refractivity contribution in [2.45, 2.75) is 18.8 Å². The van der Waals surface area contributed by atoms with Crippen molar-refractivity contribution in [1.29, 1.82) is 0 Å². The fourth-order valence-corrected chi connectivity index (χ4v) is 1.54. The highest BCUT2D eigenvalue weighted by Crippen LogP contribution is 2.11. The summed E-state index contributed by atoms with van der Waals surface area (Å²) in [5.41, 5.74) is 1.03. The van der Waals surface area contributed by atoms with E-state index in [1.165, 1.54) is 0 Å². The number of nitrogens with zero attached hydrogens (tertiary/aromatic N) is 1. The lowest BCUT2D eigenvalue weighted by Crippen LogP contribution is -2.31. The SMILES string of the molecule is CC(Cl)C(=O)N(C)Cc1ccc(Cl)cc1. The number of rotatable bonds is 3. The summed E-state index contributed by atoms with van der Waals surface area (Å²) < 4.78 is 0. The topological polar surface area (TPSA) is 20.3 Å². The van der Waals surface area contributed by atoms with Crippen LogP contribution in [-0.2, 0) is 11.3 Å². The fraction of sp³-hybridized carbons (Fsp3) is 0.364. The van der Waals surface area contributed by atoms with Crippen LogP contribution in [0.15, 0.2) is 24.3 Å². The van der Waals surface area contributed by atoms with Crippen molar-refractivity contribution in [1.82, 2.24) is 4.90 Å². The summed E-state index contributed by atoms with van der Waals surface area (Å²) in [7, 11) is 1.73. The van der Waals surface area contributed by atoms with Crippen LogP contribution < -0.4 is 0 Å². The van der Waals surface area contributed by atoms with E-state index >= 15 is 0 Å². The van der Waals surface area contributed by atoms with Crippen LogP contribution in [0.1, 0.15) is 12.5 Å². The molecule has 0 heterocycles. The van der Waals surface area contributed by atoms with Gasteiger partial charge in [-0.05, 0) is 24.6 Å². The number of amides is 1. The van der Waals surface area contributed by atoms with Gasteiger partial charge in [-0.15, -0.1) is 11.6 Å². The van der Waals surface area contributed by atoms with Crippen molar-refractivity contribution in [3.8, 4) is 0 Å². The van der Waals surface area contributed by atoms with Gasteiger partial charge < -0.3 is 4.90 Å². The van der Waals surface area contributed by atoms with Gasteiger partial charge in [-0.3, -0.25) is 4.79 Å². The summed E-state index contributed by atoms with van der Waals surface area (Å²) in [6.45, 7) is 2.22. The standard InChI is InChI=1S/C11H13Cl2NO/c1-8(12)11(15)14(2)7-9-3-5-10(13)6-4-9/h3-6,8H,7H2,1-2H3. The summed E-state index contributed by atoms with van der Waals surface area (Å²) in [6.07, 6.45) is 0. The maximum absolute atomic E-state index is 11.5. The molecule has 1 amide bonds. The van der Waals surface area contributed by atoms with E-state index in [0.29, 0.717) is 11.6 Å². The van der Waals surface area contributed by atoms with Crippen molar-refractivity contribution in [3.05, 3.63) is 34.9 Å². The summed E-state index contributed by atoms with van der Waals surface area (Å²) in [4.78, 5) is 13.1. The van der Waals surface area contributed by atoms with Crippen molar-refractivity contribution in [2.24, 2.45) is 0 Å². The number of hydrogen-bond donors (Lipinski definition) is 0. The predicted molar refractivity (Wildman–Crippen MR) is 63.2 cm³/mol. The van der Waals surface area contributed by atoms with Crippen molar-refractivity contribution >= 4 is 29.1 Å². The van der Waals surface area contributed by atoms with Crippen LogP contribution in [0.25, 0.3) is 0 Å². The summed E-state index contributed by atoms with van der Waals surface area (Å²) >= 11 is 11.5. The molecule has 0 saturated carbocycles. The van der Waals surface area contributed by atoms with Crippen molar-refractivity contribution in [3.63, 3.8) is 0 Å². The molecule has 0 aromatic heterocycles. The molecule has 1 rings (SSSR count). The van der Waals surface area contributed by atoms with E-state index in [2.05, 4.69) is 0 Å². The van der Waals surface area contributed by atoms with Gasteiger partial charge in [-0.25, -0.2) is 0 Å². The van der Waals surface area contributed by atoms with E-state index in [4.69, 9.17) is 23.2 Å². The maximum atomic E-state index is 11.5. The summed E-state index contributed by atoms with van der Waals surface area (Å²) in [5, 5.41) is 0.209. The molecule has 2 nitrogen and oxygen atoms in total. The molecule has 0 bridgehead atoms. The smallest absolute Gasteiger partial charge is 0.240 e. The van der Waals surface area contributed by atoms with Crippen molar-refractivity contribution in [2.75, 3.05) is 7.05 Å². The second kappa shape index (κ2) is 5.38. The average Bonchev–Trinajstić information content (AvgIpc) is 2.20. The highest BCUT2D eigenvalue weighted by Gasteiger charge is 2.14. The minimum absolute atomic E-state index is 0.0772. The Balaban J connectivity index is 2.62. The van der Waals surface area contributed by atoms with Gasteiger partial charge in [0, 0.05) is 18.6 Å². The third-order valence-corrected chi connectivity index (χ3v) is 2.49. The molecule has 1 aromatic carbocycles. The molecule has 1 unspecified atom stereocenters. The minimum atomic E-state index is -0.484. The first-order valence-electron chi connectivity index (χ1n) is 4.64. The number of carbonyl (C=O) groups excluding carboxylic acids is 1. The lowest BCUT2D eigenvalue weighted by Gasteiger charge is -2.18. The number of hydrogen-bond acceptors (Lipinski definition) is 1. The Hall–Kier alpha value is -0.730. The van der Waals surface area contributed by atoms with E-state index in [-0.39, 0.29) is 5.91 Å². The number of benzene rings is 1. The Morgan fingerprint density at radius 2 is 1.93 bits per heavy atom. The van der Waals surface area contributed by atoms with E-state index in [0.717, 1.165) is 5.56 Å². The molecule has 0 saturated heterocycles. The fourth-order valence-electron chi connectivity index (χ4n) is 1.25. The zero-order valence-electron chi connectivity index (χ0n) is 8.71. The number of carbonyl (C=O) groups is 1. The van der Waals surface area contributed by atoms with Gasteiger partial charge >= 0.3 is 0 Å². The van der Waals surface area contributed by atoms with Gasteiger partial charge in [0.1, 0.15) is 5.38 Å². The van der Waals surface area contributed by atoms with Crippen LogP contribution in [0.3, 0.4) is 0 Å². The highest BCUT2D eigenvalue weighted by atomic mass is 35.5. The molecular formula is C11H13Cl2NO. The summed E-state index contributed by atoms with van der Waals surface area (Å²) in [5.74, 6) is -0.0772. The molecule has 0 fully saturated rings. The molecule has 1 aromatic rings. The zero-order chi connectivity index (χ0) is 11.4. The Morgan fingerprint density at radius 1 is 1.40 bits per heavy atom. The molecule has 0 aliphatic carbocycles. The first-order valence-corrected chi connectivity index (χ1v) is 5.45. The van der Waals surface area contributed by atoms with Crippen LogP contribution >= 0.6 is 23.2 Å². The van der Waals surface area contributed by atoms with E-state index in [9.17, 15) is 4.79 Å². The van der Waals surface area contributed by atoms with E-state index < -0.39 is 5.38 Å². The molecule has 1 atom stereocenters. The Bertz CT molecular complexity index is 335. The largest absolute Gasteiger partial charge is 0.340 e.